The van der Waals surface area contributed by atoms with Crippen molar-refractivity contribution in [3.8, 4) is 11.3 Å². The van der Waals surface area contributed by atoms with Gasteiger partial charge >= 0.3 is 5.97 Å². The number of nitrogens with one attached hydrogen (secondary N) is 1. The average molecular weight is 391 g/mol. The lowest BCUT2D eigenvalue weighted by Gasteiger charge is -2.12. The van der Waals surface area contributed by atoms with Gasteiger partial charge in [-0.3, -0.25) is 4.79 Å². The molecular weight excluding hydrogens is 370 g/mol. The summed E-state index contributed by atoms with van der Waals surface area (Å²) in [6, 6.07) is 15.5. The number of hydrogen-bond donors (Lipinski definition) is 2. The Balaban J connectivity index is 1.69. The first-order chi connectivity index (χ1) is 13.8. The zero-order valence-corrected chi connectivity index (χ0v) is 16.3. The van der Waals surface area contributed by atoms with E-state index >= 15 is 0 Å². The number of nitrogens with zero attached hydrogens (tertiary/aromatic N) is 2. The van der Waals surface area contributed by atoms with Gasteiger partial charge in [0, 0.05) is 30.9 Å². The van der Waals surface area contributed by atoms with Crippen LogP contribution in [0.5, 0.6) is 0 Å². The Kier molecular flexibility index (Phi) is 5.78. The van der Waals surface area contributed by atoms with Crippen LogP contribution in [0.25, 0.3) is 11.3 Å². The van der Waals surface area contributed by atoms with E-state index in [0.717, 1.165) is 16.8 Å². The highest BCUT2D eigenvalue weighted by atomic mass is 16.4. The first kappa shape index (κ1) is 19.9. The largest absolute Gasteiger partial charge is 0.478 e. The van der Waals surface area contributed by atoms with Crippen molar-refractivity contribution >= 4 is 23.8 Å². The summed E-state index contributed by atoms with van der Waals surface area (Å²) in [5.74, 6) is -0.245. The normalized spacial score (nSPS) is 10.9. The summed E-state index contributed by atoms with van der Waals surface area (Å²) in [4.78, 5) is 25.2. The molecule has 2 N–H and O–H groups in total. The maximum Gasteiger partial charge on any atom is 0.335 e. The maximum absolute atomic E-state index is 12.2. The monoisotopic (exact) mass is 391 g/mol. The van der Waals surface area contributed by atoms with E-state index in [1.807, 2.05) is 38.1 Å². The van der Waals surface area contributed by atoms with Gasteiger partial charge in [0.25, 0.3) is 5.91 Å². The number of amides is 1. The van der Waals surface area contributed by atoms with Crippen LogP contribution in [-0.2, 0) is 0 Å². The standard InChI is InChI=1S/C22H21N3O4/c1-14-11-16(22(27)28)7-9-19(14)20-10-8-18(29-20)13-23-24-21(26)15-5-4-6-17(12-15)25(2)3/h4-13H,1-3H3,(H,24,26)(H,27,28)/b23-13-. The van der Waals surface area contributed by atoms with E-state index in [4.69, 9.17) is 9.52 Å². The molecule has 7 heteroatoms. The van der Waals surface area contributed by atoms with Crippen molar-refractivity contribution in [3.63, 3.8) is 0 Å². The maximum atomic E-state index is 12.2. The fourth-order valence-electron chi connectivity index (χ4n) is 2.78. The van der Waals surface area contributed by atoms with Gasteiger partial charge in [-0.1, -0.05) is 12.1 Å². The summed E-state index contributed by atoms with van der Waals surface area (Å²) in [5, 5.41) is 13.0. The Morgan fingerprint density at radius 3 is 2.55 bits per heavy atom. The highest BCUT2D eigenvalue weighted by Gasteiger charge is 2.10. The molecule has 7 nitrogen and oxygen atoms in total. The van der Waals surface area contributed by atoms with Gasteiger partial charge in [-0.2, -0.15) is 5.10 Å². The molecule has 3 aromatic rings. The molecule has 29 heavy (non-hydrogen) atoms. The summed E-state index contributed by atoms with van der Waals surface area (Å²) < 4.78 is 5.73. The molecule has 0 radical (unpaired) electrons. The smallest absolute Gasteiger partial charge is 0.335 e. The minimum absolute atomic E-state index is 0.223. The molecule has 1 aromatic heterocycles. The Labute approximate surface area is 168 Å². The molecule has 0 unspecified atom stereocenters. The Bertz CT molecular complexity index is 1080. The number of aromatic carboxylic acids is 1. The van der Waals surface area contributed by atoms with E-state index in [9.17, 15) is 9.59 Å². The number of carboxylic acids is 1. The highest BCUT2D eigenvalue weighted by Crippen LogP contribution is 2.26. The second-order valence-corrected chi connectivity index (χ2v) is 6.68. The van der Waals surface area contributed by atoms with Crippen LogP contribution in [0, 0.1) is 6.92 Å². The molecule has 1 amide bonds. The zero-order valence-electron chi connectivity index (χ0n) is 16.3. The third-order valence-corrected chi connectivity index (χ3v) is 4.35. The fraction of sp³-hybridized carbons (Fsp3) is 0.136. The lowest BCUT2D eigenvalue weighted by atomic mass is 10.0. The minimum atomic E-state index is -0.973. The first-order valence-electron chi connectivity index (χ1n) is 8.90. The van der Waals surface area contributed by atoms with Crippen LogP contribution in [-0.4, -0.2) is 37.3 Å². The summed E-state index contributed by atoms with van der Waals surface area (Å²) >= 11 is 0. The molecule has 0 saturated heterocycles. The van der Waals surface area contributed by atoms with Crippen LogP contribution >= 0.6 is 0 Å². The Morgan fingerprint density at radius 2 is 1.86 bits per heavy atom. The Morgan fingerprint density at radius 1 is 1.07 bits per heavy atom. The van der Waals surface area contributed by atoms with Gasteiger partial charge in [-0.15, -0.1) is 0 Å². The van der Waals surface area contributed by atoms with Gasteiger partial charge in [-0.05, 0) is 55.0 Å². The van der Waals surface area contributed by atoms with Gasteiger partial charge in [0.05, 0.1) is 11.8 Å². The van der Waals surface area contributed by atoms with Crippen LogP contribution in [0.15, 0.2) is 64.1 Å². The van der Waals surface area contributed by atoms with Gasteiger partial charge in [0.15, 0.2) is 0 Å². The van der Waals surface area contributed by atoms with Crippen molar-refractivity contribution in [2.45, 2.75) is 6.92 Å². The van der Waals surface area contributed by atoms with Crippen LogP contribution in [0.2, 0.25) is 0 Å². The van der Waals surface area contributed by atoms with Gasteiger partial charge in [0.1, 0.15) is 11.5 Å². The zero-order chi connectivity index (χ0) is 21.0. The van der Waals surface area contributed by atoms with Crippen molar-refractivity contribution in [2.75, 3.05) is 19.0 Å². The summed E-state index contributed by atoms with van der Waals surface area (Å²) in [7, 11) is 3.81. The molecule has 0 aliphatic rings. The van der Waals surface area contributed by atoms with Crippen molar-refractivity contribution in [3.05, 3.63) is 77.0 Å². The third-order valence-electron chi connectivity index (χ3n) is 4.35. The SMILES string of the molecule is Cc1cc(C(=O)O)ccc1-c1ccc(/C=N\NC(=O)c2cccc(N(C)C)c2)o1. The molecule has 0 aliphatic heterocycles. The summed E-state index contributed by atoms with van der Waals surface area (Å²) in [5.41, 5.74) is 5.70. The lowest BCUT2D eigenvalue weighted by Crippen LogP contribution is -2.18. The predicted molar refractivity (Wildman–Crippen MR) is 112 cm³/mol. The molecule has 0 saturated carbocycles. The number of furan rings is 1. The second-order valence-electron chi connectivity index (χ2n) is 6.68. The predicted octanol–water partition coefficient (Wildman–Crippen LogP) is 3.78. The number of rotatable bonds is 6. The van der Waals surface area contributed by atoms with Gasteiger partial charge in [0.2, 0.25) is 0 Å². The van der Waals surface area contributed by atoms with Crippen LogP contribution in [0.3, 0.4) is 0 Å². The average Bonchev–Trinajstić information content (AvgIpc) is 3.16. The molecule has 0 spiro atoms. The molecule has 0 aliphatic carbocycles. The van der Waals surface area contributed by atoms with Crippen molar-refractivity contribution in [2.24, 2.45) is 5.10 Å². The molecule has 1 heterocycles. The lowest BCUT2D eigenvalue weighted by molar-refractivity contribution is 0.0696. The molecule has 2 aromatic carbocycles. The third kappa shape index (κ3) is 4.70. The molecule has 0 atom stereocenters. The number of carbonyl (C=O) groups is 2. The summed E-state index contributed by atoms with van der Waals surface area (Å²) in [6.45, 7) is 1.82. The molecule has 0 bridgehead atoms. The number of hydrogen-bond acceptors (Lipinski definition) is 5. The van der Waals surface area contributed by atoms with Gasteiger partial charge < -0.3 is 14.4 Å². The van der Waals surface area contributed by atoms with Crippen molar-refractivity contribution in [1.82, 2.24) is 5.43 Å². The number of carbonyl (C=O) groups excluding carboxylic acids is 1. The van der Waals surface area contributed by atoms with E-state index in [2.05, 4.69) is 10.5 Å². The van der Waals surface area contributed by atoms with E-state index in [1.54, 1.807) is 36.4 Å². The molecule has 0 fully saturated rings. The number of carboxylic acid groups (broad SMARTS) is 1. The van der Waals surface area contributed by atoms with E-state index in [0.29, 0.717) is 17.1 Å². The number of anilines is 1. The van der Waals surface area contributed by atoms with E-state index < -0.39 is 5.97 Å². The number of aryl methyl sites for hydroxylation is 1. The fourth-order valence-corrected chi connectivity index (χ4v) is 2.78. The number of hydrazone groups is 1. The molecular formula is C22H21N3O4. The highest BCUT2D eigenvalue weighted by molar-refractivity contribution is 5.95. The van der Waals surface area contributed by atoms with Gasteiger partial charge in [-0.25, -0.2) is 10.2 Å². The second kappa shape index (κ2) is 8.43. The Hall–Kier alpha value is -3.87. The minimum Gasteiger partial charge on any atom is -0.478 e. The summed E-state index contributed by atoms with van der Waals surface area (Å²) in [6.07, 6.45) is 1.41. The topological polar surface area (TPSA) is 95.1 Å². The van der Waals surface area contributed by atoms with E-state index in [1.165, 1.54) is 12.3 Å². The van der Waals surface area contributed by atoms with Crippen LogP contribution in [0.1, 0.15) is 32.0 Å². The molecule has 3 rings (SSSR count). The van der Waals surface area contributed by atoms with Crippen LogP contribution in [0.4, 0.5) is 5.69 Å². The van der Waals surface area contributed by atoms with Crippen LogP contribution < -0.4 is 10.3 Å². The quantitative estimate of drug-likeness (QED) is 0.492. The van der Waals surface area contributed by atoms with Crippen molar-refractivity contribution in [1.29, 1.82) is 0 Å². The van der Waals surface area contributed by atoms with Crippen molar-refractivity contribution < 1.29 is 19.1 Å². The van der Waals surface area contributed by atoms with E-state index in [-0.39, 0.29) is 11.5 Å². The molecule has 148 valence electrons. The first-order valence-corrected chi connectivity index (χ1v) is 8.90. The number of benzene rings is 2.